The van der Waals surface area contributed by atoms with Crippen LogP contribution in [0.3, 0.4) is 0 Å². The number of carbonyl (C=O) groups is 1. The molecular weight excluding hydrogens is 404 g/mol. The molecule has 1 aromatic heterocycles. The van der Waals surface area contributed by atoms with E-state index in [1.165, 1.54) is 11.1 Å². The molecular formula is C26H30N2O4. The van der Waals surface area contributed by atoms with E-state index >= 15 is 0 Å². The average Bonchev–Trinajstić information content (AvgIpc) is 3.27. The van der Waals surface area contributed by atoms with Crippen LogP contribution in [0, 0.1) is 13.8 Å². The van der Waals surface area contributed by atoms with Crippen LogP contribution in [0.25, 0.3) is 0 Å². The first-order chi connectivity index (χ1) is 15.6. The fraction of sp³-hybridized carbons (Fsp3) is 0.346. The maximum Gasteiger partial charge on any atom is 0.287 e. The van der Waals surface area contributed by atoms with E-state index in [0.717, 1.165) is 30.9 Å². The molecule has 0 spiro atoms. The van der Waals surface area contributed by atoms with Gasteiger partial charge in [-0.1, -0.05) is 48.0 Å². The first-order valence-corrected chi connectivity index (χ1v) is 11.0. The highest BCUT2D eigenvalue weighted by atomic mass is 16.5. The third-order valence-corrected chi connectivity index (χ3v) is 5.55. The zero-order valence-corrected chi connectivity index (χ0v) is 18.7. The Hall–Kier alpha value is -3.09. The summed E-state index contributed by atoms with van der Waals surface area (Å²) in [4.78, 5) is 14.9. The van der Waals surface area contributed by atoms with Gasteiger partial charge in [0, 0.05) is 26.2 Å². The Morgan fingerprint density at radius 2 is 1.97 bits per heavy atom. The predicted molar refractivity (Wildman–Crippen MR) is 123 cm³/mol. The van der Waals surface area contributed by atoms with Gasteiger partial charge in [-0.05, 0) is 43.2 Å². The molecule has 1 saturated heterocycles. The van der Waals surface area contributed by atoms with Gasteiger partial charge in [-0.15, -0.1) is 0 Å². The molecule has 3 aromatic rings. The largest absolute Gasteiger partial charge is 0.485 e. The zero-order chi connectivity index (χ0) is 22.3. The SMILES string of the molecule is Cc1ccc(OCc2ccc(C(=O)NCC3CN(Cc4ccccc4)CCO3)o2)c(C)c1. The van der Waals surface area contributed by atoms with Crippen LogP contribution in [-0.2, 0) is 17.9 Å². The van der Waals surface area contributed by atoms with Gasteiger partial charge >= 0.3 is 0 Å². The van der Waals surface area contributed by atoms with Crippen LogP contribution in [0.15, 0.2) is 65.1 Å². The number of ether oxygens (including phenoxy) is 2. The van der Waals surface area contributed by atoms with E-state index in [9.17, 15) is 4.79 Å². The minimum Gasteiger partial charge on any atom is -0.485 e. The van der Waals surface area contributed by atoms with E-state index in [1.807, 2.05) is 32.0 Å². The molecule has 6 heteroatoms. The van der Waals surface area contributed by atoms with Crippen LogP contribution < -0.4 is 10.1 Å². The van der Waals surface area contributed by atoms with Crippen LogP contribution in [-0.4, -0.2) is 43.2 Å². The third kappa shape index (κ3) is 5.99. The second kappa shape index (κ2) is 10.5. The molecule has 1 atom stereocenters. The number of hydrogen-bond donors (Lipinski definition) is 1. The number of morpholine rings is 1. The number of nitrogens with one attached hydrogen (secondary N) is 1. The second-order valence-corrected chi connectivity index (χ2v) is 8.25. The molecule has 2 aromatic carbocycles. The van der Waals surface area contributed by atoms with Gasteiger partial charge in [-0.2, -0.15) is 0 Å². The summed E-state index contributed by atoms with van der Waals surface area (Å²) in [6.45, 7) is 8.00. The molecule has 0 aliphatic carbocycles. The quantitative estimate of drug-likeness (QED) is 0.578. The zero-order valence-electron chi connectivity index (χ0n) is 18.7. The standard InChI is InChI=1S/C26H30N2O4/c1-19-8-10-24(20(2)14-19)31-18-22-9-11-25(32-22)26(29)27-15-23-17-28(12-13-30-23)16-21-6-4-3-5-7-21/h3-11,14,23H,12-13,15-18H2,1-2H3,(H,27,29). The lowest BCUT2D eigenvalue weighted by atomic mass is 10.1. The van der Waals surface area contributed by atoms with Crippen LogP contribution >= 0.6 is 0 Å². The Morgan fingerprint density at radius 1 is 1.12 bits per heavy atom. The molecule has 1 unspecified atom stereocenters. The first kappa shape index (κ1) is 22.1. The highest BCUT2D eigenvalue weighted by molar-refractivity contribution is 5.91. The number of benzene rings is 2. The number of nitrogens with zero attached hydrogens (tertiary/aromatic N) is 1. The normalized spacial score (nSPS) is 16.6. The molecule has 1 aliphatic rings. The van der Waals surface area contributed by atoms with E-state index in [1.54, 1.807) is 12.1 Å². The summed E-state index contributed by atoms with van der Waals surface area (Å²) in [7, 11) is 0. The first-order valence-electron chi connectivity index (χ1n) is 11.0. The Balaban J connectivity index is 1.24. The lowest BCUT2D eigenvalue weighted by Crippen LogP contribution is -2.47. The number of carbonyl (C=O) groups excluding carboxylic acids is 1. The van der Waals surface area contributed by atoms with Crippen molar-refractivity contribution in [2.24, 2.45) is 0 Å². The van der Waals surface area contributed by atoms with E-state index in [-0.39, 0.29) is 24.4 Å². The molecule has 6 nitrogen and oxygen atoms in total. The van der Waals surface area contributed by atoms with Gasteiger partial charge in [-0.25, -0.2) is 0 Å². The number of rotatable bonds is 8. The highest BCUT2D eigenvalue weighted by Gasteiger charge is 2.22. The van der Waals surface area contributed by atoms with Crippen molar-refractivity contribution in [3.8, 4) is 5.75 Å². The van der Waals surface area contributed by atoms with Crippen molar-refractivity contribution >= 4 is 5.91 Å². The van der Waals surface area contributed by atoms with Crippen LogP contribution in [0.5, 0.6) is 5.75 Å². The van der Waals surface area contributed by atoms with Crippen LogP contribution in [0.1, 0.15) is 33.0 Å². The molecule has 1 fully saturated rings. The monoisotopic (exact) mass is 434 g/mol. The van der Waals surface area contributed by atoms with Crippen molar-refractivity contribution < 1.29 is 18.7 Å². The Kier molecular flexibility index (Phi) is 7.24. The van der Waals surface area contributed by atoms with Gasteiger partial charge in [0.25, 0.3) is 5.91 Å². The van der Waals surface area contributed by atoms with E-state index in [2.05, 4.69) is 40.5 Å². The number of aryl methyl sites for hydroxylation is 2. The van der Waals surface area contributed by atoms with Crippen molar-refractivity contribution in [2.75, 3.05) is 26.2 Å². The Labute approximate surface area is 189 Å². The van der Waals surface area contributed by atoms with Gasteiger partial charge in [0.15, 0.2) is 5.76 Å². The lowest BCUT2D eigenvalue weighted by Gasteiger charge is -2.33. The van der Waals surface area contributed by atoms with Crippen molar-refractivity contribution in [1.82, 2.24) is 10.2 Å². The van der Waals surface area contributed by atoms with Gasteiger partial charge in [0.2, 0.25) is 0 Å². The maximum atomic E-state index is 12.5. The minimum atomic E-state index is -0.244. The van der Waals surface area contributed by atoms with Crippen molar-refractivity contribution in [3.05, 3.63) is 88.9 Å². The summed E-state index contributed by atoms with van der Waals surface area (Å²) in [5, 5.41) is 2.93. The Bertz CT molecular complexity index is 1030. The third-order valence-electron chi connectivity index (χ3n) is 5.55. The smallest absolute Gasteiger partial charge is 0.287 e. The van der Waals surface area contributed by atoms with E-state index in [4.69, 9.17) is 13.9 Å². The second-order valence-electron chi connectivity index (χ2n) is 8.25. The molecule has 2 heterocycles. The molecule has 168 valence electrons. The predicted octanol–water partition coefficient (Wildman–Crippen LogP) is 4.11. The molecule has 1 aliphatic heterocycles. The van der Waals surface area contributed by atoms with Gasteiger partial charge < -0.3 is 19.2 Å². The number of furan rings is 1. The van der Waals surface area contributed by atoms with Crippen molar-refractivity contribution in [1.29, 1.82) is 0 Å². The van der Waals surface area contributed by atoms with Gasteiger partial charge in [0.05, 0.1) is 12.7 Å². The Morgan fingerprint density at radius 3 is 2.78 bits per heavy atom. The van der Waals surface area contributed by atoms with Gasteiger partial charge in [0.1, 0.15) is 18.1 Å². The van der Waals surface area contributed by atoms with Crippen molar-refractivity contribution in [3.63, 3.8) is 0 Å². The lowest BCUT2D eigenvalue weighted by molar-refractivity contribution is -0.0293. The molecule has 0 saturated carbocycles. The summed E-state index contributed by atoms with van der Waals surface area (Å²) in [5.74, 6) is 1.46. The topological polar surface area (TPSA) is 63.9 Å². The summed E-state index contributed by atoms with van der Waals surface area (Å²) < 4.78 is 17.4. The molecule has 32 heavy (non-hydrogen) atoms. The van der Waals surface area contributed by atoms with E-state index < -0.39 is 0 Å². The fourth-order valence-corrected chi connectivity index (χ4v) is 3.87. The summed E-state index contributed by atoms with van der Waals surface area (Å²) >= 11 is 0. The maximum absolute atomic E-state index is 12.5. The molecule has 4 rings (SSSR count). The van der Waals surface area contributed by atoms with Crippen LogP contribution in [0.4, 0.5) is 0 Å². The number of amides is 1. The number of hydrogen-bond acceptors (Lipinski definition) is 5. The molecule has 0 radical (unpaired) electrons. The summed E-state index contributed by atoms with van der Waals surface area (Å²) in [5.41, 5.74) is 3.55. The minimum absolute atomic E-state index is 0.0429. The summed E-state index contributed by atoms with van der Waals surface area (Å²) in [6, 6.07) is 19.9. The van der Waals surface area contributed by atoms with Crippen molar-refractivity contribution in [2.45, 2.75) is 33.1 Å². The summed E-state index contributed by atoms with van der Waals surface area (Å²) in [6.07, 6.45) is -0.0429. The fourth-order valence-electron chi connectivity index (χ4n) is 3.87. The van der Waals surface area contributed by atoms with E-state index in [0.29, 0.717) is 18.9 Å². The highest BCUT2D eigenvalue weighted by Crippen LogP contribution is 2.20. The molecule has 1 N–H and O–H groups in total. The molecule has 0 bridgehead atoms. The average molecular weight is 435 g/mol. The van der Waals surface area contributed by atoms with Crippen LogP contribution in [0.2, 0.25) is 0 Å². The van der Waals surface area contributed by atoms with Gasteiger partial charge in [-0.3, -0.25) is 9.69 Å². The molecule has 1 amide bonds.